The summed E-state index contributed by atoms with van der Waals surface area (Å²) >= 11 is 0. The number of aliphatic hydroxyl groups excluding tert-OH is 1. The largest absolute Gasteiger partial charge is 0.435 e. The van der Waals surface area contributed by atoms with Crippen LogP contribution in [-0.2, 0) is 32.2 Å². The van der Waals surface area contributed by atoms with E-state index in [1.165, 1.54) is 22.0 Å². The van der Waals surface area contributed by atoms with Gasteiger partial charge < -0.3 is 5.11 Å². The van der Waals surface area contributed by atoms with Crippen LogP contribution in [0.15, 0.2) is 24.4 Å². The van der Waals surface area contributed by atoms with Gasteiger partial charge in [0, 0.05) is 11.8 Å². The van der Waals surface area contributed by atoms with Crippen LogP contribution in [0.4, 0.5) is 13.2 Å². The molecule has 22 heavy (non-hydrogen) atoms. The lowest BCUT2D eigenvalue weighted by Gasteiger charge is -2.06. The van der Waals surface area contributed by atoms with E-state index in [-0.39, 0.29) is 12.1 Å². The maximum absolute atomic E-state index is 12.8. The molecule has 1 aliphatic rings. The van der Waals surface area contributed by atoms with E-state index in [1.54, 1.807) is 0 Å². The minimum absolute atomic E-state index is 0.192. The first-order chi connectivity index (χ1) is 10.4. The van der Waals surface area contributed by atoms with Crippen molar-refractivity contribution in [2.24, 2.45) is 5.92 Å². The van der Waals surface area contributed by atoms with Crippen molar-refractivity contribution < 1.29 is 18.3 Å². The summed E-state index contributed by atoms with van der Waals surface area (Å²) in [4.78, 5) is 0. The van der Waals surface area contributed by atoms with E-state index >= 15 is 0 Å². The molecule has 1 N–H and O–H groups in total. The van der Waals surface area contributed by atoms with Crippen molar-refractivity contribution in [1.29, 1.82) is 0 Å². The molecule has 6 heteroatoms. The summed E-state index contributed by atoms with van der Waals surface area (Å²) in [6.45, 7) is 1.79. The summed E-state index contributed by atoms with van der Waals surface area (Å²) in [7, 11) is 0. The lowest BCUT2D eigenvalue weighted by Crippen LogP contribution is -2.10. The first-order valence-corrected chi connectivity index (χ1v) is 7.22. The molecule has 0 radical (unpaired) electrons. The number of rotatable bonds is 3. The van der Waals surface area contributed by atoms with Crippen molar-refractivity contribution in [2.75, 3.05) is 0 Å². The van der Waals surface area contributed by atoms with Crippen molar-refractivity contribution >= 4 is 0 Å². The molecule has 0 amide bonds. The van der Waals surface area contributed by atoms with Gasteiger partial charge in [-0.3, -0.25) is 4.68 Å². The Morgan fingerprint density at radius 1 is 1.27 bits per heavy atom. The van der Waals surface area contributed by atoms with Crippen LogP contribution in [0.25, 0.3) is 0 Å². The monoisotopic (exact) mass is 310 g/mol. The standard InChI is InChI=1S/C16H17F3N2O/c1-10-4-12-3-2-11(6-13(12)5-10)7-21-8-14(9-22)15(20-21)16(17,18)19/h2-3,6,8,10,22H,4-5,7,9H2,1H3. The van der Waals surface area contributed by atoms with Crippen LogP contribution in [0.2, 0.25) is 0 Å². The number of nitrogens with zero attached hydrogens (tertiary/aromatic N) is 2. The first kappa shape index (κ1) is 15.1. The second kappa shape index (κ2) is 5.43. The van der Waals surface area contributed by atoms with Crippen LogP contribution in [0, 0.1) is 5.92 Å². The van der Waals surface area contributed by atoms with Gasteiger partial charge in [-0.05, 0) is 35.4 Å². The molecule has 1 aliphatic carbocycles. The molecule has 118 valence electrons. The average molecular weight is 310 g/mol. The number of alkyl halides is 3. The zero-order chi connectivity index (χ0) is 15.9. The quantitative estimate of drug-likeness (QED) is 0.945. The molecule has 1 heterocycles. The maximum Gasteiger partial charge on any atom is 0.435 e. The molecular weight excluding hydrogens is 293 g/mol. The Morgan fingerprint density at radius 3 is 2.64 bits per heavy atom. The molecule has 0 aliphatic heterocycles. The Hall–Kier alpha value is -1.82. The minimum Gasteiger partial charge on any atom is -0.392 e. The second-order valence-electron chi connectivity index (χ2n) is 5.97. The van der Waals surface area contributed by atoms with E-state index in [4.69, 9.17) is 5.11 Å². The number of hydrogen-bond donors (Lipinski definition) is 1. The van der Waals surface area contributed by atoms with Crippen LogP contribution in [0.1, 0.15) is 34.9 Å². The summed E-state index contributed by atoms with van der Waals surface area (Å²) in [5.74, 6) is 0.618. The number of aliphatic hydroxyl groups is 1. The maximum atomic E-state index is 12.8. The Bertz CT molecular complexity index is 691. The number of halogens is 3. The highest BCUT2D eigenvalue weighted by Crippen LogP contribution is 2.31. The zero-order valence-corrected chi connectivity index (χ0v) is 12.2. The van der Waals surface area contributed by atoms with E-state index in [9.17, 15) is 13.2 Å². The van der Waals surface area contributed by atoms with Gasteiger partial charge in [0.05, 0.1) is 13.2 Å². The van der Waals surface area contributed by atoms with Gasteiger partial charge in [-0.15, -0.1) is 0 Å². The summed E-state index contributed by atoms with van der Waals surface area (Å²) in [6, 6.07) is 6.03. The summed E-state index contributed by atoms with van der Waals surface area (Å²) in [5.41, 5.74) is 2.32. The third-order valence-corrected chi connectivity index (χ3v) is 4.03. The fourth-order valence-electron chi connectivity index (χ4n) is 3.07. The van der Waals surface area contributed by atoms with Gasteiger partial charge in [-0.1, -0.05) is 25.1 Å². The van der Waals surface area contributed by atoms with Crippen LogP contribution in [-0.4, -0.2) is 14.9 Å². The van der Waals surface area contributed by atoms with E-state index in [2.05, 4.69) is 18.1 Å². The molecule has 1 aromatic heterocycles. The Kier molecular flexibility index (Phi) is 3.72. The number of aromatic nitrogens is 2. The SMILES string of the molecule is CC1Cc2ccc(Cn3cc(CO)c(C(F)(F)F)n3)cc2C1. The smallest absolute Gasteiger partial charge is 0.392 e. The van der Waals surface area contributed by atoms with Crippen molar-refractivity contribution in [1.82, 2.24) is 9.78 Å². The van der Waals surface area contributed by atoms with E-state index in [0.29, 0.717) is 5.92 Å². The predicted molar refractivity (Wildman–Crippen MR) is 75.3 cm³/mol. The molecular formula is C16H17F3N2O. The van der Waals surface area contributed by atoms with Gasteiger partial charge in [0.2, 0.25) is 0 Å². The van der Waals surface area contributed by atoms with Crippen LogP contribution >= 0.6 is 0 Å². The Morgan fingerprint density at radius 2 is 2.00 bits per heavy atom. The highest BCUT2D eigenvalue weighted by atomic mass is 19.4. The molecule has 3 rings (SSSR count). The molecule has 0 spiro atoms. The van der Waals surface area contributed by atoms with Crippen LogP contribution in [0.5, 0.6) is 0 Å². The summed E-state index contributed by atoms with van der Waals surface area (Å²) < 4.78 is 39.7. The van der Waals surface area contributed by atoms with Gasteiger partial charge in [0.15, 0.2) is 5.69 Å². The average Bonchev–Trinajstić information content (AvgIpc) is 3.00. The van der Waals surface area contributed by atoms with Gasteiger partial charge >= 0.3 is 6.18 Å². The lowest BCUT2D eigenvalue weighted by molar-refractivity contribution is -0.142. The van der Waals surface area contributed by atoms with Crippen molar-refractivity contribution in [3.63, 3.8) is 0 Å². The molecule has 1 aromatic carbocycles. The molecule has 0 saturated carbocycles. The second-order valence-corrected chi connectivity index (χ2v) is 5.97. The highest BCUT2D eigenvalue weighted by molar-refractivity contribution is 5.36. The Balaban J connectivity index is 1.85. The third kappa shape index (κ3) is 2.88. The molecule has 3 nitrogen and oxygen atoms in total. The van der Waals surface area contributed by atoms with E-state index < -0.39 is 18.5 Å². The third-order valence-electron chi connectivity index (χ3n) is 4.03. The number of benzene rings is 1. The lowest BCUT2D eigenvalue weighted by atomic mass is 10.1. The van der Waals surface area contributed by atoms with Crippen molar-refractivity contribution in [2.45, 2.75) is 39.1 Å². The van der Waals surface area contributed by atoms with E-state index in [1.807, 2.05) is 12.1 Å². The fraction of sp³-hybridized carbons (Fsp3) is 0.438. The molecule has 0 fully saturated rings. The molecule has 0 bridgehead atoms. The topological polar surface area (TPSA) is 38.0 Å². The first-order valence-electron chi connectivity index (χ1n) is 7.22. The Labute approximate surface area is 126 Å². The van der Waals surface area contributed by atoms with Crippen molar-refractivity contribution in [3.05, 3.63) is 52.3 Å². The molecule has 2 aromatic rings. The molecule has 1 atom stereocenters. The van der Waals surface area contributed by atoms with Crippen LogP contribution < -0.4 is 0 Å². The minimum atomic E-state index is -4.54. The molecule has 0 saturated heterocycles. The zero-order valence-electron chi connectivity index (χ0n) is 12.2. The fourth-order valence-corrected chi connectivity index (χ4v) is 3.07. The number of fused-ring (bicyclic) bond motifs is 1. The summed E-state index contributed by atoms with van der Waals surface area (Å²) in [5, 5.41) is 12.7. The molecule has 1 unspecified atom stereocenters. The van der Waals surface area contributed by atoms with Crippen LogP contribution in [0.3, 0.4) is 0 Å². The summed E-state index contributed by atoms with van der Waals surface area (Å²) in [6.07, 6.45) is -1.21. The number of hydrogen-bond acceptors (Lipinski definition) is 2. The van der Waals surface area contributed by atoms with Gasteiger partial charge in [0.25, 0.3) is 0 Å². The van der Waals surface area contributed by atoms with Gasteiger partial charge in [-0.25, -0.2) is 0 Å². The van der Waals surface area contributed by atoms with E-state index in [0.717, 1.165) is 18.4 Å². The highest BCUT2D eigenvalue weighted by Gasteiger charge is 2.36. The predicted octanol–water partition coefficient (Wildman–Crippen LogP) is 3.18. The van der Waals surface area contributed by atoms with Crippen molar-refractivity contribution in [3.8, 4) is 0 Å². The normalized spacial score (nSPS) is 17.8. The van der Waals surface area contributed by atoms with Gasteiger partial charge in [-0.2, -0.15) is 18.3 Å². The van der Waals surface area contributed by atoms with Gasteiger partial charge in [0.1, 0.15) is 0 Å².